The fourth-order valence-electron chi connectivity index (χ4n) is 1.64. The fourth-order valence-corrected chi connectivity index (χ4v) is 1.64. The Bertz CT molecular complexity index is 418. The van der Waals surface area contributed by atoms with E-state index >= 15 is 0 Å². The number of benzene rings is 1. The van der Waals surface area contributed by atoms with Gasteiger partial charge in [-0.25, -0.2) is 0 Å². The van der Waals surface area contributed by atoms with E-state index in [2.05, 4.69) is 0 Å². The largest absolute Gasteiger partial charge is 0.332 e. The molecule has 0 heterocycles. The third kappa shape index (κ3) is 4.58. The van der Waals surface area contributed by atoms with Crippen molar-refractivity contribution in [3.05, 3.63) is 60.2 Å². The third-order valence-electron chi connectivity index (χ3n) is 2.64. The molecule has 0 fully saturated rings. The van der Waals surface area contributed by atoms with Crippen LogP contribution < -0.4 is 0 Å². The van der Waals surface area contributed by atoms with E-state index < -0.39 is 0 Å². The lowest BCUT2D eigenvalue weighted by Gasteiger charge is -2.25. The van der Waals surface area contributed by atoms with Gasteiger partial charge in [-0.05, 0) is 26.3 Å². The Morgan fingerprint density at radius 3 is 2.44 bits per heavy atom. The Labute approximate surface area is 110 Å². The van der Waals surface area contributed by atoms with Crippen LogP contribution in [0.1, 0.15) is 26.3 Å². The predicted octanol–water partition coefficient (Wildman–Crippen LogP) is 3.56. The van der Waals surface area contributed by atoms with Crippen LogP contribution in [0.15, 0.2) is 54.6 Å². The number of hydrogen-bond donors (Lipinski definition) is 0. The molecule has 0 aromatic heterocycles. The molecular weight excluding hydrogens is 222 g/mol. The first-order valence-corrected chi connectivity index (χ1v) is 6.29. The number of allylic oxidation sites excluding steroid dienone is 3. The molecule has 18 heavy (non-hydrogen) atoms. The Balaban J connectivity index is 2.74. The van der Waals surface area contributed by atoms with Gasteiger partial charge in [0.25, 0.3) is 0 Å². The highest BCUT2D eigenvalue weighted by molar-refractivity contribution is 5.88. The average Bonchev–Trinajstić information content (AvgIpc) is 2.37. The first-order chi connectivity index (χ1) is 8.65. The van der Waals surface area contributed by atoms with Crippen LogP contribution in [0, 0.1) is 0 Å². The van der Waals surface area contributed by atoms with Gasteiger partial charge in [0, 0.05) is 18.7 Å². The van der Waals surface area contributed by atoms with E-state index in [4.69, 9.17) is 0 Å². The Hall–Kier alpha value is -1.83. The average molecular weight is 243 g/mol. The normalized spacial score (nSPS) is 11.6. The second kappa shape index (κ2) is 7.49. The van der Waals surface area contributed by atoms with Gasteiger partial charge in [-0.2, -0.15) is 0 Å². The van der Waals surface area contributed by atoms with Gasteiger partial charge in [-0.3, -0.25) is 4.79 Å². The highest BCUT2D eigenvalue weighted by Crippen LogP contribution is 2.09. The van der Waals surface area contributed by atoms with Gasteiger partial charge in [-0.1, -0.05) is 48.6 Å². The molecule has 96 valence electrons. The Kier molecular flexibility index (Phi) is 5.92. The Morgan fingerprint density at radius 1 is 1.22 bits per heavy atom. The molecule has 0 bridgehead atoms. The lowest BCUT2D eigenvalue weighted by molar-refractivity contribution is -0.128. The fraction of sp³-hybridized carbons (Fsp3) is 0.312. The summed E-state index contributed by atoms with van der Waals surface area (Å²) in [5.74, 6) is 0.0481. The second-order valence-corrected chi connectivity index (χ2v) is 4.43. The summed E-state index contributed by atoms with van der Waals surface area (Å²) in [7, 11) is 0. The van der Waals surface area contributed by atoms with Crippen molar-refractivity contribution >= 4 is 5.91 Å². The first-order valence-electron chi connectivity index (χ1n) is 6.29. The molecular formula is C16H21NO. The van der Waals surface area contributed by atoms with E-state index in [0.29, 0.717) is 6.54 Å². The summed E-state index contributed by atoms with van der Waals surface area (Å²) in [6, 6.07) is 10.2. The number of hydrogen-bond acceptors (Lipinski definition) is 1. The summed E-state index contributed by atoms with van der Waals surface area (Å²) in [6.07, 6.45) is 7.16. The van der Waals surface area contributed by atoms with Gasteiger partial charge in [0.15, 0.2) is 0 Å². The zero-order chi connectivity index (χ0) is 13.4. The molecule has 0 N–H and O–H groups in total. The molecule has 2 heteroatoms. The SMILES string of the molecule is C/C=C/C=C/C(=O)N(Cc1ccccc1)C(C)C. The van der Waals surface area contributed by atoms with Gasteiger partial charge < -0.3 is 4.90 Å². The lowest BCUT2D eigenvalue weighted by atomic mass is 10.2. The number of rotatable bonds is 5. The highest BCUT2D eigenvalue weighted by Gasteiger charge is 2.14. The molecule has 1 rings (SSSR count). The predicted molar refractivity (Wildman–Crippen MR) is 76.1 cm³/mol. The summed E-state index contributed by atoms with van der Waals surface area (Å²) in [5.41, 5.74) is 1.15. The molecule has 2 nitrogen and oxygen atoms in total. The zero-order valence-corrected chi connectivity index (χ0v) is 11.3. The third-order valence-corrected chi connectivity index (χ3v) is 2.64. The van der Waals surface area contributed by atoms with Crippen LogP contribution in [0.25, 0.3) is 0 Å². The first kappa shape index (κ1) is 14.2. The highest BCUT2D eigenvalue weighted by atomic mass is 16.2. The summed E-state index contributed by atoms with van der Waals surface area (Å²) >= 11 is 0. The van der Waals surface area contributed by atoms with Gasteiger partial charge in [0.1, 0.15) is 0 Å². The van der Waals surface area contributed by atoms with Crippen LogP contribution in [0.4, 0.5) is 0 Å². The van der Waals surface area contributed by atoms with Crippen molar-refractivity contribution in [1.29, 1.82) is 0 Å². The van der Waals surface area contributed by atoms with Crippen molar-refractivity contribution in [3.63, 3.8) is 0 Å². The molecule has 0 saturated heterocycles. The van der Waals surface area contributed by atoms with Gasteiger partial charge in [0.05, 0.1) is 0 Å². The van der Waals surface area contributed by atoms with Gasteiger partial charge in [-0.15, -0.1) is 0 Å². The van der Waals surface area contributed by atoms with Crippen LogP contribution >= 0.6 is 0 Å². The van der Waals surface area contributed by atoms with E-state index in [0.717, 1.165) is 5.56 Å². The summed E-state index contributed by atoms with van der Waals surface area (Å²) in [4.78, 5) is 13.9. The van der Waals surface area contributed by atoms with Crippen molar-refractivity contribution < 1.29 is 4.79 Å². The van der Waals surface area contributed by atoms with Crippen LogP contribution in [-0.2, 0) is 11.3 Å². The van der Waals surface area contributed by atoms with Crippen molar-refractivity contribution in [2.24, 2.45) is 0 Å². The topological polar surface area (TPSA) is 20.3 Å². The molecule has 1 aromatic carbocycles. The van der Waals surface area contributed by atoms with Crippen molar-refractivity contribution in [2.45, 2.75) is 33.4 Å². The summed E-state index contributed by atoms with van der Waals surface area (Å²) < 4.78 is 0. The van der Waals surface area contributed by atoms with Crippen LogP contribution in [0.5, 0.6) is 0 Å². The number of carbonyl (C=O) groups excluding carboxylic acids is 1. The molecule has 0 atom stereocenters. The standard InChI is InChI=1S/C16H21NO/c1-4-5-7-12-16(18)17(14(2)3)13-15-10-8-6-9-11-15/h4-12,14H,13H2,1-3H3/b5-4+,12-7+. The van der Waals surface area contributed by atoms with E-state index in [1.807, 2.05) is 68.2 Å². The zero-order valence-electron chi connectivity index (χ0n) is 11.3. The van der Waals surface area contributed by atoms with Crippen LogP contribution in [0.3, 0.4) is 0 Å². The molecule has 0 saturated carbocycles. The number of amides is 1. The molecule has 0 aliphatic rings. The lowest BCUT2D eigenvalue weighted by Crippen LogP contribution is -2.35. The maximum atomic E-state index is 12.1. The van der Waals surface area contributed by atoms with Crippen molar-refractivity contribution in [1.82, 2.24) is 4.90 Å². The molecule has 1 amide bonds. The van der Waals surface area contributed by atoms with E-state index in [1.165, 1.54) is 0 Å². The van der Waals surface area contributed by atoms with Crippen LogP contribution in [-0.4, -0.2) is 16.8 Å². The minimum atomic E-state index is 0.0481. The molecule has 0 unspecified atom stereocenters. The molecule has 1 aromatic rings. The number of carbonyl (C=O) groups is 1. The minimum absolute atomic E-state index is 0.0481. The summed E-state index contributed by atoms with van der Waals surface area (Å²) in [5, 5.41) is 0. The summed E-state index contributed by atoms with van der Waals surface area (Å²) in [6.45, 7) is 6.64. The quantitative estimate of drug-likeness (QED) is 0.572. The van der Waals surface area contributed by atoms with E-state index in [-0.39, 0.29) is 11.9 Å². The maximum absolute atomic E-state index is 12.1. The van der Waals surface area contributed by atoms with Crippen LogP contribution in [0.2, 0.25) is 0 Å². The monoisotopic (exact) mass is 243 g/mol. The van der Waals surface area contributed by atoms with Gasteiger partial charge in [0.2, 0.25) is 5.91 Å². The van der Waals surface area contributed by atoms with Gasteiger partial charge >= 0.3 is 0 Å². The molecule has 0 aliphatic carbocycles. The smallest absolute Gasteiger partial charge is 0.247 e. The molecule has 0 aliphatic heterocycles. The maximum Gasteiger partial charge on any atom is 0.247 e. The van der Waals surface area contributed by atoms with E-state index in [9.17, 15) is 4.79 Å². The Morgan fingerprint density at radius 2 is 1.89 bits per heavy atom. The molecule has 0 spiro atoms. The number of nitrogens with zero attached hydrogens (tertiary/aromatic N) is 1. The second-order valence-electron chi connectivity index (χ2n) is 4.43. The van der Waals surface area contributed by atoms with Crippen molar-refractivity contribution in [2.75, 3.05) is 0 Å². The molecule has 0 radical (unpaired) electrons. The minimum Gasteiger partial charge on any atom is -0.332 e. The van der Waals surface area contributed by atoms with E-state index in [1.54, 1.807) is 12.2 Å². The van der Waals surface area contributed by atoms with Crippen molar-refractivity contribution in [3.8, 4) is 0 Å².